The third-order valence-electron chi connectivity index (χ3n) is 2.23. The molecule has 0 fully saturated rings. The molecule has 14 heavy (non-hydrogen) atoms. The van der Waals surface area contributed by atoms with Crippen molar-refractivity contribution in [1.29, 1.82) is 0 Å². The van der Waals surface area contributed by atoms with Gasteiger partial charge in [0.1, 0.15) is 0 Å². The van der Waals surface area contributed by atoms with Gasteiger partial charge in [0.25, 0.3) is 0 Å². The van der Waals surface area contributed by atoms with Gasteiger partial charge in [0.15, 0.2) is 5.88 Å². The zero-order chi connectivity index (χ0) is 10.8. The third-order valence-corrected chi connectivity index (χ3v) is 2.23. The Hall–Kier alpha value is -0.660. The standard InChI is InChI=1S/C12H25NO/c1-5-8-10-13(11-9-6-2)12(4)14-7-3/h4-11H2,1-3H3. The maximum Gasteiger partial charge on any atom is 0.181 e. The zero-order valence-corrected chi connectivity index (χ0v) is 10.0. The van der Waals surface area contributed by atoms with E-state index in [0.717, 1.165) is 19.0 Å². The molecule has 0 aromatic rings. The van der Waals surface area contributed by atoms with Crippen molar-refractivity contribution in [1.82, 2.24) is 4.90 Å². The Labute approximate surface area is 88.9 Å². The fourth-order valence-corrected chi connectivity index (χ4v) is 1.32. The van der Waals surface area contributed by atoms with Gasteiger partial charge in [-0.25, -0.2) is 0 Å². The summed E-state index contributed by atoms with van der Waals surface area (Å²) in [5, 5.41) is 0. The van der Waals surface area contributed by atoms with Crippen LogP contribution in [0.3, 0.4) is 0 Å². The molecule has 2 nitrogen and oxygen atoms in total. The SMILES string of the molecule is C=C(OCC)N(CCCC)CCCC. The second-order valence-electron chi connectivity index (χ2n) is 3.52. The van der Waals surface area contributed by atoms with E-state index >= 15 is 0 Å². The Balaban J connectivity index is 3.88. The number of hydrogen-bond donors (Lipinski definition) is 0. The minimum Gasteiger partial charge on any atom is -0.480 e. The van der Waals surface area contributed by atoms with Crippen molar-refractivity contribution in [2.75, 3.05) is 19.7 Å². The molecule has 0 amide bonds. The van der Waals surface area contributed by atoms with Gasteiger partial charge in [0.2, 0.25) is 0 Å². The summed E-state index contributed by atoms with van der Waals surface area (Å²) < 4.78 is 5.43. The first-order valence-electron chi connectivity index (χ1n) is 5.82. The quantitative estimate of drug-likeness (QED) is 0.528. The molecule has 0 radical (unpaired) electrons. The van der Waals surface area contributed by atoms with Crippen LogP contribution in [-0.4, -0.2) is 24.6 Å². The second kappa shape index (κ2) is 8.92. The van der Waals surface area contributed by atoms with Crippen molar-refractivity contribution in [3.8, 4) is 0 Å². The Morgan fingerprint density at radius 3 is 1.93 bits per heavy atom. The van der Waals surface area contributed by atoms with E-state index in [1.807, 2.05) is 6.92 Å². The molecule has 2 heteroatoms. The first-order valence-corrected chi connectivity index (χ1v) is 5.82. The Bertz CT molecular complexity index is 137. The number of ether oxygens (including phenoxy) is 1. The minimum absolute atomic E-state index is 0.716. The average Bonchev–Trinajstić information content (AvgIpc) is 2.18. The third kappa shape index (κ3) is 5.90. The fourth-order valence-electron chi connectivity index (χ4n) is 1.32. The minimum atomic E-state index is 0.716. The van der Waals surface area contributed by atoms with Gasteiger partial charge in [0.05, 0.1) is 6.61 Å². The van der Waals surface area contributed by atoms with Gasteiger partial charge in [-0.1, -0.05) is 26.7 Å². The number of rotatable bonds is 9. The maximum atomic E-state index is 5.43. The topological polar surface area (TPSA) is 12.5 Å². The van der Waals surface area contributed by atoms with E-state index in [1.165, 1.54) is 25.7 Å². The molecule has 0 unspecified atom stereocenters. The molecule has 0 heterocycles. The second-order valence-corrected chi connectivity index (χ2v) is 3.52. The van der Waals surface area contributed by atoms with Crippen LogP contribution in [0, 0.1) is 0 Å². The maximum absolute atomic E-state index is 5.43. The summed E-state index contributed by atoms with van der Waals surface area (Å²) in [6, 6.07) is 0. The lowest BCUT2D eigenvalue weighted by atomic mass is 10.3. The molecule has 0 aliphatic carbocycles. The highest BCUT2D eigenvalue weighted by molar-refractivity contribution is 4.83. The van der Waals surface area contributed by atoms with Crippen molar-refractivity contribution in [2.24, 2.45) is 0 Å². The highest BCUT2D eigenvalue weighted by Gasteiger charge is 2.06. The molecule has 0 atom stereocenters. The van der Waals surface area contributed by atoms with Gasteiger partial charge in [0, 0.05) is 13.1 Å². The molecule has 0 spiro atoms. The number of unbranched alkanes of at least 4 members (excludes halogenated alkanes) is 2. The van der Waals surface area contributed by atoms with Gasteiger partial charge in [-0.2, -0.15) is 0 Å². The van der Waals surface area contributed by atoms with E-state index in [4.69, 9.17) is 4.74 Å². The van der Waals surface area contributed by atoms with Crippen LogP contribution in [0.5, 0.6) is 0 Å². The molecule has 0 N–H and O–H groups in total. The molecule has 0 saturated heterocycles. The van der Waals surface area contributed by atoms with Crippen molar-refractivity contribution in [3.05, 3.63) is 12.5 Å². The van der Waals surface area contributed by atoms with Crippen LogP contribution in [0.15, 0.2) is 12.5 Å². The van der Waals surface area contributed by atoms with Crippen molar-refractivity contribution < 1.29 is 4.74 Å². The number of nitrogens with zero attached hydrogens (tertiary/aromatic N) is 1. The van der Waals surface area contributed by atoms with Crippen LogP contribution in [0.25, 0.3) is 0 Å². The van der Waals surface area contributed by atoms with E-state index in [1.54, 1.807) is 0 Å². The lowest BCUT2D eigenvalue weighted by Gasteiger charge is -2.25. The molecule has 0 saturated carbocycles. The molecule has 0 aliphatic rings. The first kappa shape index (κ1) is 13.3. The summed E-state index contributed by atoms with van der Waals surface area (Å²) >= 11 is 0. The van der Waals surface area contributed by atoms with Crippen LogP contribution < -0.4 is 0 Å². The molecule has 0 bridgehead atoms. The lowest BCUT2D eigenvalue weighted by molar-refractivity contribution is 0.120. The largest absolute Gasteiger partial charge is 0.480 e. The molecule has 84 valence electrons. The van der Waals surface area contributed by atoms with E-state index in [0.29, 0.717) is 6.61 Å². The molecule has 0 aromatic heterocycles. The van der Waals surface area contributed by atoms with Crippen LogP contribution in [-0.2, 0) is 4.74 Å². The smallest absolute Gasteiger partial charge is 0.181 e. The Morgan fingerprint density at radius 1 is 1.07 bits per heavy atom. The van der Waals surface area contributed by atoms with E-state index in [-0.39, 0.29) is 0 Å². The monoisotopic (exact) mass is 199 g/mol. The molecule has 0 aliphatic heterocycles. The Kier molecular flexibility index (Phi) is 8.50. The summed E-state index contributed by atoms with van der Waals surface area (Å²) in [6.45, 7) is 13.3. The van der Waals surface area contributed by atoms with Gasteiger partial charge >= 0.3 is 0 Å². The van der Waals surface area contributed by atoms with Gasteiger partial charge in [-0.15, -0.1) is 0 Å². The van der Waals surface area contributed by atoms with Crippen LogP contribution in [0.1, 0.15) is 46.5 Å². The molecule has 0 aromatic carbocycles. The predicted octanol–water partition coefficient (Wildman–Crippen LogP) is 3.40. The number of hydrogen-bond acceptors (Lipinski definition) is 2. The van der Waals surface area contributed by atoms with Gasteiger partial charge in [-0.3, -0.25) is 0 Å². The summed E-state index contributed by atoms with van der Waals surface area (Å²) in [6.07, 6.45) is 4.88. The van der Waals surface area contributed by atoms with Crippen molar-refractivity contribution in [3.63, 3.8) is 0 Å². The highest BCUT2D eigenvalue weighted by Crippen LogP contribution is 2.07. The summed E-state index contributed by atoms with van der Waals surface area (Å²) in [7, 11) is 0. The van der Waals surface area contributed by atoms with Crippen LogP contribution in [0.4, 0.5) is 0 Å². The van der Waals surface area contributed by atoms with Crippen LogP contribution in [0.2, 0.25) is 0 Å². The predicted molar refractivity (Wildman–Crippen MR) is 62.2 cm³/mol. The Morgan fingerprint density at radius 2 is 1.57 bits per heavy atom. The van der Waals surface area contributed by atoms with Crippen molar-refractivity contribution in [2.45, 2.75) is 46.5 Å². The van der Waals surface area contributed by atoms with E-state index < -0.39 is 0 Å². The average molecular weight is 199 g/mol. The fraction of sp³-hybridized carbons (Fsp3) is 0.833. The summed E-state index contributed by atoms with van der Waals surface area (Å²) in [5.74, 6) is 0.842. The molecular formula is C12H25NO. The normalized spacial score (nSPS) is 9.93. The lowest BCUT2D eigenvalue weighted by Crippen LogP contribution is -2.26. The van der Waals surface area contributed by atoms with E-state index in [2.05, 4.69) is 25.3 Å². The van der Waals surface area contributed by atoms with Gasteiger partial charge in [-0.05, 0) is 26.3 Å². The molecule has 0 rings (SSSR count). The summed E-state index contributed by atoms with van der Waals surface area (Å²) in [5.41, 5.74) is 0. The highest BCUT2D eigenvalue weighted by atomic mass is 16.5. The first-order chi connectivity index (χ1) is 6.76. The van der Waals surface area contributed by atoms with Crippen LogP contribution >= 0.6 is 0 Å². The molecular weight excluding hydrogens is 174 g/mol. The summed E-state index contributed by atoms with van der Waals surface area (Å²) in [4.78, 5) is 2.26. The van der Waals surface area contributed by atoms with E-state index in [9.17, 15) is 0 Å². The van der Waals surface area contributed by atoms with Crippen molar-refractivity contribution >= 4 is 0 Å². The van der Waals surface area contributed by atoms with Gasteiger partial charge < -0.3 is 9.64 Å². The zero-order valence-electron chi connectivity index (χ0n) is 10.0.